The van der Waals surface area contributed by atoms with Crippen molar-refractivity contribution in [2.24, 2.45) is 0 Å². The monoisotopic (exact) mass is 395 g/mol. The summed E-state index contributed by atoms with van der Waals surface area (Å²) in [5.41, 5.74) is 6.43. The van der Waals surface area contributed by atoms with Crippen molar-refractivity contribution in [3.05, 3.63) is 71.9 Å². The predicted molar refractivity (Wildman–Crippen MR) is 108 cm³/mol. The van der Waals surface area contributed by atoms with E-state index in [0.717, 1.165) is 24.3 Å². The van der Waals surface area contributed by atoms with Crippen LogP contribution in [0.15, 0.2) is 59.3 Å². The first kappa shape index (κ1) is 20.3. The minimum absolute atomic E-state index is 0.0957. The highest BCUT2D eigenvalue weighted by atomic mass is 16.4. The van der Waals surface area contributed by atoms with E-state index in [-0.39, 0.29) is 18.1 Å². The van der Waals surface area contributed by atoms with Gasteiger partial charge < -0.3 is 4.42 Å². The molecule has 0 radical (unpaired) electrons. The molecule has 8 heteroatoms. The van der Waals surface area contributed by atoms with Crippen LogP contribution in [0.2, 0.25) is 0 Å². The fraction of sp³-hybridized carbons (Fsp3) is 0.286. The van der Waals surface area contributed by atoms with Crippen LogP contribution in [0.1, 0.15) is 35.7 Å². The number of furan rings is 1. The Hall–Kier alpha value is -3.39. The SMILES string of the molecule is CCN(CC)Cc1ccc(C(=O)NNC(=O)Cc2cnn(-c3ccccc3)c2)o1. The highest BCUT2D eigenvalue weighted by Gasteiger charge is 2.14. The van der Waals surface area contributed by atoms with Gasteiger partial charge >= 0.3 is 5.91 Å². The maximum Gasteiger partial charge on any atom is 0.305 e. The smallest absolute Gasteiger partial charge is 0.305 e. The van der Waals surface area contributed by atoms with Gasteiger partial charge in [0.2, 0.25) is 5.91 Å². The zero-order chi connectivity index (χ0) is 20.6. The summed E-state index contributed by atoms with van der Waals surface area (Å²) < 4.78 is 7.26. The molecule has 8 nitrogen and oxygen atoms in total. The summed E-state index contributed by atoms with van der Waals surface area (Å²) in [5, 5.41) is 4.25. The molecule has 0 fully saturated rings. The Morgan fingerprint density at radius 3 is 2.55 bits per heavy atom. The van der Waals surface area contributed by atoms with Gasteiger partial charge in [0.15, 0.2) is 5.76 Å². The van der Waals surface area contributed by atoms with E-state index in [0.29, 0.717) is 12.3 Å². The molecule has 0 aliphatic carbocycles. The highest BCUT2D eigenvalue weighted by molar-refractivity contribution is 5.93. The molecular formula is C21H25N5O3. The van der Waals surface area contributed by atoms with Crippen LogP contribution in [0, 0.1) is 0 Å². The molecular weight excluding hydrogens is 370 g/mol. The molecule has 2 aromatic heterocycles. The standard InChI is InChI=1S/C21H25N5O3/c1-3-25(4-2)15-18-10-11-19(29-18)21(28)24-23-20(27)12-16-13-22-26(14-16)17-8-6-5-7-9-17/h5-11,13-14H,3-4,12,15H2,1-2H3,(H,23,27)(H,24,28). The largest absolute Gasteiger partial charge is 0.454 e. The fourth-order valence-corrected chi connectivity index (χ4v) is 2.84. The van der Waals surface area contributed by atoms with Crippen molar-refractivity contribution < 1.29 is 14.0 Å². The summed E-state index contributed by atoms with van der Waals surface area (Å²) in [4.78, 5) is 26.5. The molecule has 2 heterocycles. The van der Waals surface area contributed by atoms with Crippen LogP contribution in [0.3, 0.4) is 0 Å². The van der Waals surface area contributed by atoms with Gasteiger partial charge in [-0.25, -0.2) is 4.68 Å². The zero-order valence-electron chi connectivity index (χ0n) is 16.6. The van der Waals surface area contributed by atoms with E-state index in [2.05, 4.69) is 34.7 Å². The Morgan fingerprint density at radius 2 is 1.83 bits per heavy atom. The average Bonchev–Trinajstić information content (AvgIpc) is 3.40. The minimum atomic E-state index is -0.496. The van der Waals surface area contributed by atoms with Crippen molar-refractivity contribution in [1.82, 2.24) is 25.5 Å². The molecule has 2 amide bonds. The first-order valence-electron chi connectivity index (χ1n) is 9.58. The van der Waals surface area contributed by atoms with E-state index in [9.17, 15) is 9.59 Å². The second kappa shape index (κ2) is 9.70. The third-order valence-electron chi connectivity index (χ3n) is 4.50. The van der Waals surface area contributed by atoms with Crippen LogP contribution in [0.5, 0.6) is 0 Å². The Labute approximate surface area is 169 Å². The third-order valence-corrected chi connectivity index (χ3v) is 4.50. The van der Waals surface area contributed by atoms with E-state index in [4.69, 9.17) is 4.42 Å². The second-order valence-electron chi connectivity index (χ2n) is 6.54. The molecule has 0 bridgehead atoms. The number of para-hydroxylation sites is 1. The van der Waals surface area contributed by atoms with Crippen molar-refractivity contribution >= 4 is 11.8 Å². The number of hydrogen-bond donors (Lipinski definition) is 2. The van der Waals surface area contributed by atoms with Gasteiger partial charge in [0.1, 0.15) is 5.76 Å². The van der Waals surface area contributed by atoms with Gasteiger partial charge in [0.05, 0.1) is 24.8 Å². The Morgan fingerprint density at radius 1 is 1.07 bits per heavy atom. The zero-order valence-corrected chi connectivity index (χ0v) is 16.6. The summed E-state index contributed by atoms with van der Waals surface area (Å²) in [5.74, 6) is 0.0212. The first-order chi connectivity index (χ1) is 14.1. The van der Waals surface area contributed by atoms with Crippen LogP contribution in [0.4, 0.5) is 0 Å². The number of benzene rings is 1. The quantitative estimate of drug-likeness (QED) is 0.571. The number of carbonyl (C=O) groups is 2. The lowest BCUT2D eigenvalue weighted by atomic mass is 10.2. The van der Waals surface area contributed by atoms with Crippen LogP contribution < -0.4 is 10.9 Å². The Kier molecular flexibility index (Phi) is 6.80. The van der Waals surface area contributed by atoms with Crippen molar-refractivity contribution in [1.29, 1.82) is 0 Å². The van der Waals surface area contributed by atoms with E-state index in [1.54, 1.807) is 29.2 Å². The molecule has 3 aromatic rings. The molecule has 0 aliphatic heterocycles. The van der Waals surface area contributed by atoms with E-state index in [1.807, 2.05) is 30.3 Å². The van der Waals surface area contributed by atoms with Crippen LogP contribution in [-0.2, 0) is 17.8 Å². The van der Waals surface area contributed by atoms with Crippen LogP contribution in [0.25, 0.3) is 5.69 Å². The van der Waals surface area contributed by atoms with Gasteiger partial charge in [0, 0.05) is 6.20 Å². The first-order valence-corrected chi connectivity index (χ1v) is 9.58. The Bertz CT molecular complexity index is 944. The summed E-state index contributed by atoms with van der Waals surface area (Å²) in [6.45, 7) is 6.57. The minimum Gasteiger partial charge on any atom is -0.454 e. The molecule has 1 aromatic carbocycles. The summed E-state index contributed by atoms with van der Waals surface area (Å²) in [6, 6.07) is 13.0. The van der Waals surface area contributed by atoms with E-state index >= 15 is 0 Å². The molecule has 0 aliphatic rings. The number of nitrogens with zero attached hydrogens (tertiary/aromatic N) is 3. The predicted octanol–water partition coefficient (Wildman–Crippen LogP) is 2.31. The van der Waals surface area contributed by atoms with Crippen molar-refractivity contribution in [2.75, 3.05) is 13.1 Å². The van der Waals surface area contributed by atoms with Gasteiger partial charge in [-0.05, 0) is 42.9 Å². The summed E-state index contributed by atoms with van der Waals surface area (Å²) in [6.07, 6.45) is 3.50. The van der Waals surface area contributed by atoms with Gasteiger partial charge in [-0.15, -0.1) is 0 Å². The lowest BCUT2D eigenvalue weighted by Gasteiger charge is -2.15. The highest BCUT2D eigenvalue weighted by Crippen LogP contribution is 2.11. The van der Waals surface area contributed by atoms with Crippen LogP contribution >= 0.6 is 0 Å². The molecule has 29 heavy (non-hydrogen) atoms. The van der Waals surface area contributed by atoms with Crippen molar-refractivity contribution in [3.8, 4) is 5.69 Å². The van der Waals surface area contributed by atoms with Crippen molar-refractivity contribution in [3.63, 3.8) is 0 Å². The maximum atomic E-state index is 12.2. The molecule has 0 spiro atoms. The molecule has 2 N–H and O–H groups in total. The molecule has 0 unspecified atom stereocenters. The molecule has 3 rings (SSSR count). The third kappa shape index (κ3) is 5.55. The van der Waals surface area contributed by atoms with Gasteiger partial charge in [-0.2, -0.15) is 5.10 Å². The second-order valence-corrected chi connectivity index (χ2v) is 6.54. The number of amides is 2. The molecule has 0 saturated heterocycles. The number of hydrazine groups is 1. The van der Waals surface area contributed by atoms with E-state index < -0.39 is 5.91 Å². The fourth-order valence-electron chi connectivity index (χ4n) is 2.84. The van der Waals surface area contributed by atoms with Gasteiger partial charge in [-0.1, -0.05) is 32.0 Å². The lowest BCUT2D eigenvalue weighted by molar-refractivity contribution is -0.121. The number of rotatable bonds is 8. The van der Waals surface area contributed by atoms with Crippen LogP contribution in [-0.4, -0.2) is 39.6 Å². The number of hydrogen-bond acceptors (Lipinski definition) is 5. The van der Waals surface area contributed by atoms with E-state index in [1.165, 1.54) is 0 Å². The normalized spacial score (nSPS) is 10.9. The number of aromatic nitrogens is 2. The van der Waals surface area contributed by atoms with Gasteiger partial charge in [0.25, 0.3) is 0 Å². The van der Waals surface area contributed by atoms with Crippen molar-refractivity contribution in [2.45, 2.75) is 26.8 Å². The maximum absolute atomic E-state index is 12.2. The van der Waals surface area contributed by atoms with Gasteiger partial charge in [-0.3, -0.25) is 25.3 Å². The number of nitrogens with one attached hydrogen (secondary N) is 2. The molecule has 152 valence electrons. The number of carbonyl (C=O) groups excluding carboxylic acids is 2. The lowest BCUT2D eigenvalue weighted by Crippen LogP contribution is -2.42. The Balaban J connectivity index is 1.49. The molecule has 0 atom stereocenters. The summed E-state index contributed by atoms with van der Waals surface area (Å²) >= 11 is 0. The average molecular weight is 395 g/mol. The molecule has 0 saturated carbocycles. The topological polar surface area (TPSA) is 92.4 Å². The summed E-state index contributed by atoms with van der Waals surface area (Å²) in [7, 11) is 0.